The van der Waals surface area contributed by atoms with E-state index in [1.807, 2.05) is 25.1 Å². The lowest BCUT2D eigenvalue weighted by Gasteiger charge is -2.33. The van der Waals surface area contributed by atoms with Gasteiger partial charge in [0.15, 0.2) is 12.6 Å². The van der Waals surface area contributed by atoms with Crippen molar-refractivity contribution in [1.82, 2.24) is 5.32 Å². The van der Waals surface area contributed by atoms with Crippen LogP contribution in [0.25, 0.3) is 0 Å². The summed E-state index contributed by atoms with van der Waals surface area (Å²) < 4.78 is 0. The number of carbonyl (C=O) groups is 2. The molecule has 0 unspecified atom stereocenters. The molecule has 1 aromatic carbocycles. The van der Waals surface area contributed by atoms with Crippen molar-refractivity contribution in [2.24, 2.45) is 0 Å². The SMILES string of the molecule is CCc1ccccc1NC(=O)C[NH+]1CC[NH+]([C@H](C)C(=O)NC2CCCCC2)CC1. The number of quaternary nitrogens is 2. The topological polar surface area (TPSA) is 67.1 Å². The van der Waals surface area contributed by atoms with Gasteiger partial charge in [0.1, 0.15) is 26.2 Å². The number of piperazine rings is 1. The molecule has 0 bridgehead atoms. The summed E-state index contributed by atoms with van der Waals surface area (Å²) in [5.41, 5.74) is 2.10. The lowest BCUT2D eigenvalue weighted by molar-refractivity contribution is -1.01. The van der Waals surface area contributed by atoms with Gasteiger partial charge >= 0.3 is 0 Å². The maximum atomic E-state index is 12.6. The summed E-state index contributed by atoms with van der Waals surface area (Å²) in [4.78, 5) is 27.8. The number of benzene rings is 1. The second-order valence-corrected chi connectivity index (χ2v) is 8.71. The van der Waals surface area contributed by atoms with Gasteiger partial charge in [-0.2, -0.15) is 0 Å². The third kappa shape index (κ3) is 6.28. The first kappa shape index (κ1) is 21.8. The molecule has 6 heteroatoms. The smallest absolute Gasteiger partial charge is 0.279 e. The Balaban J connectivity index is 1.41. The van der Waals surface area contributed by atoms with Gasteiger partial charge in [-0.15, -0.1) is 0 Å². The Kier molecular flexibility index (Phi) is 8.07. The largest absolute Gasteiger partial charge is 0.348 e. The van der Waals surface area contributed by atoms with E-state index in [9.17, 15) is 9.59 Å². The number of para-hydroxylation sites is 1. The van der Waals surface area contributed by atoms with Crippen molar-refractivity contribution in [2.75, 3.05) is 38.0 Å². The van der Waals surface area contributed by atoms with E-state index in [-0.39, 0.29) is 17.9 Å². The van der Waals surface area contributed by atoms with Crippen LogP contribution in [0.1, 0.15) is 51.5 Å². The number of anilines is 1. The zero-order valence-corrected chi connectivity index (χ0v) is 18.1. The summed E-state index contributed by atoms with van der Waals surface area (Å²) in [6.45, 7) is 8.38. The maximum Gasteiger partial charge on any atom is 0.279 e. The molecule has 1 aliphatic carbocycles. The number of nitrogens with one attached hydrogen (secondary N) is 4. The fourth-order valence-electron chi connectivity index (χ4n) is 4.66. The van der Waals surface area contributed by atoms with Gasteiger partial charge in [0, 0.05) is 11.7 Å². The molecule has 0 radical (unpaired) electrons. The van der Waals surface area contributed by atoms with Crippen molar-refractivity contribution in [3.8, 4) is 0 Å². The van der Waals surface area contributed by atoms with Crippen molar-refractivity contribution in [3.05, 3.63) is 29.8 Å². The molecular formula is C23H38N4O2+2. The standard InChI is InChI=1S/C23H36N4O2/c1-3-19-9-7-8-12-21(19)25-22(28)17-26-13-15-27(16-14-26)18(2)23(29)24-20-10-5-4-6-11-20/h7-9,12,18,20H,3-6,10-11,13-17H2,1-2H3,(H,24,29)(H,25,28)/p+2/t18-/m1/s1. The molecule has 1 aromatic rings. The summed E-state index contributed by atoms with van der Waals surface area (Å²) in [6.07, 6.45) is 6.93. The number of aryl methyl sites for hydroxylation is 1. The Hall–Kier alpha value is -1.92. The Morgan fingerprint density at radius 1 is 1.07 bits per heavy atom. The van der Waals surface area contributed by atoms with Gasteiger partial charge in [-0.25, -0.2) is 0 Å². The van der Waals surface area contributed by atoms with Gasteiger partial charge in [0.2, 0.25) is 0 Å². The number of amides is 2. The molecule has 4 N–H and O–H groups in total. The van der Waals surface area contributed by atoms with Gasteiger partial charge in [0.25, 0.3) is 11.8 Å². The Labute approximate surface area is 175 Å². The van der Waals surface area contributed by atoms with E-state index in [0.29, 0.717) is 12.6 Å². The predicted molar refractivity (Wildman–Crippen MR) is 115 cm³/mol. The minimum atomic E-state index is -0.0104. The third-order valence-corrected chi connectivity index (χ3v) is 6.64. The van der Waals surface area contributed by atoms with Crippen LogP contribution in [-0.2, 0) is 16.0 Å². The minimum Gasteiger partial charge on any atom is -0.348 e. The summed E-state index contributed by atoms with van der Waals surface area (Å²) in [7, 11) is 0. The summed E-state index contributed by atoms with van der Waals surface area (Å²) in [5.74, 6) is 0.275. The predicted octanol–water partition coefficient (Wildman–Crippen LogP) is -0.192. The zero-order valence-electron chi connectivity index (χ0n) is 18.1. The van der Waals surface area contributed by atoms with Crippen LogP contribution < -0.4 is 20.4 Å². The second kappa shape index (κ2) is 10.7. The van der Waals surface area contributed by atoms with E-state index >= 15 is 0 Å². The van der Waals surface area contributed by atoms with Crippen LogP contribution in [0.15, 0.2) is 24.3 Å². The van der Waals surface area contributed by atoms with Crippen molar-refractivity contribution in [2.45, 2.75) is 64.5 Å². The molecule has 1 saturated heterocycles. The Bertz CT molecular complexity index is 679. The highest BCUT2D eigenvalue weighted by molar-refractivity contribution is 5.92. The van der Waals surface area contributed by atoms with Gasteiger partial charge in [-0.3, -0.25) is 9.59 Å². The Morgan fingerprint density at radius 3 is 2.45 bits per heavy atom. The van der Waals surface area contributed by atoms with E-state index in [0.717, 1.165) is 51.1 Å². The number of hydrogen-bond donors (Lipinski definition) is 4. The van der Waals surface area contributed by atoms with Crippen LogP contribution >= 0.6 is 0 Å². The normalized spacial score (nSPS) is 23.9. The highest BCUT2D eigenvalue weighted by Crippen LogP contribution is 2.17. The minimum absolute atomic E-state index is 0.0104. The van der Waals surface area contributed by atoms with Crippen molar-refractivity contribution in [1.29, 1.82) is 0 Å². The van der Waals surface area contributed by atoms with Crippen LogP contribution in [0.4, 0.5) is 5.69 Å². The van der Waals surface area contributed by atoms with Crippen LogP contribution in [0.3, 0.4) is 0 Å². The van der Waals surface area contributed by atoms with E-state index in [1.54, 1.807) is 0 Å². The van der Waals surface area contributed by atoms with E-state index < -0.39 is 0 Å². The van der Waals surface area contributed by atoms with Gasteiger partial charge in [0.05, 0.1) is 0 Å². The van der Waals surface area contributed by atoms with Crippen molar-refractivity contribution < 1.29 is 19.4 Å². The molecule has 2 aliphatic rings. The number of hydrogen-bond acceptors (Lipinski definition) is 2. The van der Waals surface area contributed by atoms with E-state index in [4.69, 9.17) is 0 Å². The van der Waals surface area contributed by atoms with Crippen LogP contribution in [0.2, 0.25) is 0 Å². The first-order chi connectivity index (χ1) is 14.1. The molecule has 2 amide bonds. The Morgan fingerprint density at radius 2 is 1.76 bits per heavy atom. The van der Waals surface area contributed by atoms with Crippen molar-refractivity contribution >= 4 is 17.5 Å². The third-order valence-electron chi connectivity index (χ3n) is 6.64. The van der Waals surface area contributed by atoms with Gasteiger partial charge < -0.3 is 20.4 Å². The average Bonchev–Trinajstić information content (AvgIpc) is 2.75. The highest BCUT2D eigenvalue weighted by atomic mass is 16.2. The summed E-state index contributed by atoms with van der Waals surface area (Å²) in [6, 6.07) is 8.37. The molecule has 3 rings (SSSR count). The van der Waals surface area contributed by atoms with Crippen molar-refractivity contribution in [3.63, 3.8) is 0 Å². The second-order valence-electron chi connectivity index (χ2n) is 8.71. The summed E-state index contributed by atoms with van der Waals surface area (Å²) >= 11 is 0. The van der Waals surface area contributed by atoms with E-state index in [2.05, 4.69) is 23.6 Å². The lowest BCUT2D eigenvalue weighted by Crippen LogP contribution is -3.30. The monoisotopic (exact) mass is 402 g/mol. The number of carbonyl (C=O) groups excluding carboxylic acids is 2. The first-order valence-corrected chi connectivity index (χ1v) is 11.4. The van der Waals surface area contributed by atoms with Gasteiger partial charge in [-0.05, 0) is 37.8 Å². The molecule has 1 atom stereocenters. The molecule has 2 fully saturated rings. The highest BCUT2D eigenvalue weighted by Gasteiger charge is 2.32. The molecule has 1 heterocycles. The van der Waals surface area contributed by atoms with Gasteiger partial charge in [-0.1, -0.05) is 44.4 Å². The molecule has 1 saturated carbocycles. The zero-order chi connectivity index (χ0) is 20.6. The summed E-state index contributed by atoms with van der Waals surface area (Å²) in [5, 5.41) is 6.34. The van der Waals surface area contributed by atoms with E-state index in [1.165, 1.54) is 34.6 Å². The maximum absolute atomic E-state index is 12.6. The molecule has 0 spiro atoms. The number of rotatable bonds is 7. The molecule has 1 aliphatic heterocycles. The average molecular weight is 403 g/mol. The molecular weight excluding hydrogens is 364 g/mol. The fourth-order valence-corrected chi connectivity index (χ4v) is 4.66. The molecule has 160 valence electrons. The van der Waals surface area contributed by atoms with Crippen LogP contribution in [-0.4, -0.2) is 56.6 Å². The van der Waals surface area contributed by atoms with Crippen LogP contribution in [0.5, 0.6) is 0 Å². The van der Waals surface area contributed by atoms with Crippen LogP contribution in [0, 0.1) is 0 Å². The quantitative estimate of drug-likeness (QED) is 0.511. The molecule has 0 aromatic heterocycles. The first-order valence-electron chi connectivity index (χ1n) is 11.4. The lowest BCUT2D eigenvalue weighted by atomic mass is 9.95. The molecule has 6 nitrogen and oxygen atoms in total. The fraction of sp³-hybridized carbons (Fsp3) is 0.652. The molecule has 29 heavy (non-hydrogen) atoms.